The van der Waals surface area contributed by atoms with Crippen LogP contribution in [-0.2, 0) is 4.74 Å². The van der Waals surface area contributed by atoms with E-state index in [1.165, 1.54) is 19.3 Å². The molecule has 3 nitrogen and oxygen atoms in total. The molecule has 1 aromatic carbocycles. The molecule has 104 valence electrons. The van der Waals surface area contributed by atoms with Crippen LogP contribution >= 0.6 is 11.6 Å². The molecule has 19 heavy (non-hydrogen) atoms. The first-order valence-corrected chi connectivity index (χ1v) is 7.22. The smallest absolute Gasteiger partial charge is 0.339 e. The summed E-state index contributed by atoms with van der Waals surface area (Å²) >= 11 is 5.98. The number of rotatable bonds is 4. The Morgan fingerprint density at radius 1 is 1.32 bits per heavy atom. The highest BCUT2D eigenvalue weighted by atomic mass is 35.5. The number of hydrogen-bond acceptors (Lipinski definition) is 3. The largest absolute Gasteiger partial charge is 0.458 e. The summed E-state index contributed by atoms with van der Waals surface area (Å²) in [5.74, 6) is -0.338. The molecule has 0 bridgehead atoms. The molecule has 0 saturated carbocycles. The molecule has 0 unspecified atom stereocenters. The molecule has 0 aromatic heterocycles. The zero-order valence-corrected chi connectivity index (χ0v) is 12.0. The molecule has 1 aromatic rings. The monoisotopic (exact) mass is 281 g/mol. The van der Waals surface area contributed by atoms with Gasteiger partial charge < -0.3 is 4.74 Å². The fourth-order valence-corrected chi connectivity index (χ4v) is 2.63. The Hall–Kier alpha value is -1.06. The van der Waals surface area contributed by atoms with Crippen LogP contribution in [0.4, 0.5) is 0 Å². The van der Waals surface area contributed by atoms with Crippen LogP contribution in [0.1, 0.15) is 36.5 Å². The number of ether oxygens (including phenoxy) is 1. The predicted octanol–water partition coefficient (Wildman–Crippen LogP) is 3.37. The number of carbonyl (C=O) groups excluding carboxylic acids is 1. The molecular weight excluding hydrogens is 262 g/mol. The van der Waals surface area contributed by atoms with Gasteiger partial charge in [-0.05, 0) is 45.0 Å². The summed E-state index contributed by atoms with van der Waals surface area (Å²) in [6, 6.07) is 6.99. The van der Waals surface area contributed by atoms with E-state index in [0.717, 1.165) is 19.6 Å². The lowest BCUT2D eigenvalue weighted by atomic mass is 10.1. The maximum atomic E-state index is 12.0. The van der Waals surface area contributed by atoms with Gasteiger partial charge >= 0.3 is 5.97 Å². The molecule has 2 rings (SSSR count). The number of hydrogen-bond donors (Lipinski definition) is 0. The third-order valence-corrected chi connectivity index (χ3v) is 3.70. The summed E-state index contributed by atoms with van der Waals surface area (Å²) in [5.41, 5.74) is 0.440. The minimum atomic E-state index is -0.338. The number of nitrogens with zero attached hydrogens (tertiary/aromatic N) is 1. The third kappa shape index (κ3) is 4.22. The molecule has 1 atom stereocenters. The Balaban J connectivity index is 1.86. The quantitative estimate of drug-likeness (QED) is 0.793. The van der Waals surface area contributed by atoms with Crippen LogP contribution < -0.4 is 0 Å². The van der Waals surface area contributed by atoms with Crippen molar-refractivity contribution in [2.45, 2.75) is 32.3 Å². The van der Waals surface area contributed by atoms with Crippen LogP contribution in [0.15, 0.2) is 24.3 Å². The highest BCUT2D eigenvalue weighted by molar-refractivity contribution is 6.33. The number of piperidine rings is 1. The molecule has 1 heterocycles. The fraction of sp³-hybridized carbons (Fsp3) is 0.533. The normalized spacial score (nSPS) is 18.0. The first-order chi connectivity index (χ1) is 9.16. The zero-order chi connectivity index (χ0) is 13.7. The van der Waals surface area contributed by atoms with Gasteiger partial charge in [-0.25, -0.2) is 4.79 Å². The van der Waals surface area contributed by atoms with Crippen LogP contribution in [0, 0.1) is 0 Å². The minimum Gasteiger partial charge on any atom is -0.458 e. The van der Waals surface area contributed by atoms with Crippen LogP contribution in [-0.4, -0.2) is 36.6 Å². The average Bonchev–Trinajstić information content (AvgIpc) is 2.40. The molecular formula is C15H20ClNO2. The molecule has 1 aliphatic heterocycles. The zero-order valence-electron chi connectivity index (χ0n) is 11.3. The molecule has 0 amide bonds. The number of benzene rings is 1. The van der Waals surface area contributed by atoms with Gasteiger partial charge in [0.1, 0.15) is 6.10 Å². The Morgan fingerprint density at radius 3 is 2.68 bits per heavy atom. The van der Waals surface area contributed by atoms with Crippen molar-refractivity contribution in [2.24, 2.45) is 0 Å². The number of esters is 1. The highest BCUT2D eigenvalue weighted by Crippen LogP contribution is 2.17. The van der Waals surface area contributed by atoms with E-state index in [4.69, 9.17) is 16.3 Å². The van der Waals surface area contributed by atoms with Gasteiger partial charge in [-0.1, -0.05) is 30.2 Å². The van der Waals surface area contributed by atoms with Crippen molar-refractivity contribution in [3.8, 4) is 0 Å². The highest BCUT2D eigenvalue weighted by Gasteiger charge is 2.18. The van der Waals surface area contributed by atoms with Crippen molar-refractivity contribution >= 4 is 17.6 Å². The summed E-state index contributed by atoms with van der Waals surface area (Å²) in [4.78, 5) is 14.3. The molecule has 1 fully saturated rings. The van der Waals surface area contributed by atoms with Crippen LogP contribution in [0.25, 0.3) is 0 Å². The summed E-state index contributed by atoms with van der Waals surface area (Å²) in [6.07, 6.45) is 3.68. The molecule has 0 aliphatic carbocycles. The topological polar surface area (TPSA) is 29.5 Å². The predicted molar refractivity (Wildman–Crippen MR) is 76.6 cm³/mol. The molecule has 4 heteroatoms. The Bertz CT molecular complexity index is 430. The van der Waals surface area contributed by atoms with Crippen LogP contribution in [0.3, 0.4) is 0 Å². The molecule has 1 saturated heterocycles. The lowest BCUT2D eigenvalue weighted by Gasteiger charge is -2.28. The van der Waals surface area contributed by atoms with Gasteiger partial charge in [0, 0.05) is 6.54 Å². The maximum Gasteiger partial charge on any atom is 0.339 e. The maximum absolute atomic E-state index is 12.0. The number of likely N-dealkylation sites (tertiary alicyclic amines) is 1. The van der Waals surface area contributed by atoms with Crippen molar-refractivity contribution in [1.82, 2.24) is 4.90 Å². The fourth-order valence-electron chi connectivity index (χ4n) is 2.42. The van der Waals surface area contributed by atoms with Crippen molar-refractivity contribution < 1.29 is 9.53 Å². The van der Waals surface area contributed by atoms with Crippen molar-refractivity contribution in [3.63, 3.8) is 0 Å². The van der Waals surface area contributed by atoms with Crippen molar-refractivity contribution in [1.29, 1.82) is 0 Å². The molecule has 0 spiro atoms. The van der Waals surface area contributed by atoms with E-state index in [2.05, 4.69) is 4.90 Å². The molecule has 1 aliphatic rings. The summed E-state index contributed by atoms with van der Waals surface area (Å²) in [5, 5.41) is 0.442. The number of carbonyl (C=O) groups is 1. The molecule has 0 N–H and O–H groups in total. The SMILES string of the molecule is C[C@@H](CN1CCCCC1)OC(=O)c1ccccc1Cl. The van der Waals surface area contributed by atoms with E-state index in [1.807, 2.05) is 6.92 Å². The van der Waals surface area contributed by atoms with Gasteiger partial charge in [-0.3, -0.25) is 4.90 Å². The summed E-state index contributed by atoms with van der Waals surface area (Å²) in [6.45, 7) is 4.95. The average molecular weight is 282 g/mol. The minimum absolute atomic E-state index is 0.109. The Labute approximate surface area is 119 Å². The van der Waals surface area contributed by atoms with Gasteiger partial charge in [0.05, 0.1) is 10.6 Å². The van der Waals surface area contributed by atoms with E-state index in [1.54, 1.807) is 24.3 Å². The third-order valence-electron chi connectivity index (χ3n) is 3.37. The van der Waals surface area contributed by atoms with Crippen LogP contribution in [0.2, 0.25) is 5.02 Å². The summed E-state index contributed by atoms with van der Waals surface area (Å²) < 4.78 is 5.45. The first kappa shape index (κ1) is 14.4. The van der Waals surface area contributed by atoms with Crippen LogP contribution in [0.5, 0.6) is 0 Å². The Kier molecular flexibility index (Phi) is 5.23. The van der Waals surface area contributed by atoms with Gasteiger partial charge in [0.2, 0.25) is 0 Å². The van der Waals surface area contributed by atoms with Gasteiger partial charge in [-0.2, -0.15) is 0 Å². The lowest BCUT2D eigenvalue weighted by molar-refractivity contribution is 0.0236. The van der Waals surface area contributed by atoms with E-state index in [9.17, 15) is 4.79 Å². The summed E-state index contributed by atoms with van der Waals surface area (Å²) in [7, 11) is 0. The van der Waals surface area contributed by atoms with Gasteiger partial charge in [0.15, 0.2) is 0 Å². The Morgan fingerprint density at radius 2 is 2.00 bits per heavy atom. The molecule has 0 radical (unpaired) electrons. The van der Waals surface area contributed by atoms with Gasteiger partial charge in [-0.15, -0.1) is 0 Å². The lowest BCUT2D eigenvalue weighted by Crippen LogP contribution is -2.37. The van der Waals surface area contributed by atoms with E-state index < -0.39 is 0 Å². The standard InChI is InChI=1S/C15H20ClNO2/c1-12(11-17-9-5-2-6-10-17)19-15(18)13-7-3-4-8-14(13)16/h3-4,7-8,12H,2,5-6,9-11H2,1H3/t12-/m0/s1. The van der Waals surface area contributed by atoms with Crippen molar-refractivity contribution in [3.05, 3.63) is 34.9 Å². The van der Waals surface area contributed by atoms with E-state index in [0.29, 0.717) is 10.6 Å². The first-order valence-electron chi connectivity index (χ1n) is 6.84. The van der Waals surface area contributed by atoms with E-state index in [-0.39, 0.29) is 12.1 Å². The van der Waals surface area contributed by atoms with Crippen molar-refractivity contribution in [2.75, 3.05) is 19.6 Å². The second-order valence-electron chi connectivity index (χ2n) is 5.06. The number of halogens is 1. The van der Waals surface area contributed by atoms with Gasteiger partial charge in [0.25, 0.3) is 0 Å². The van der Waals surface area contributed by atoms with E-state index >= 15 is 0 Å². The second-order valence-corrected chi connectivity index (χ2v) is 5.46. The second kappa shape index (κ2) is 6.92.